The van der Waals surface area contributed by atoms with Crippen LogP contribution in [0.15, 0.2) is 48.5 Å². The van der Waals surface area contributed by atoms with Crippen molar-refractivity contribution in [3.8, 4) is 0 Å². The van der Waals surface area contributed by atoms with Crippen molar-refractivity contribution < 1.29 is 9.53 Å². The molecule has 1 N–H and O–H groups in total. The Bertz CT molecular complexity index is 1160. The molecule has 8 nitrogen and oxygen atoms in total. The number of aromatic nitrogens is 2. The number of halogens is 1. The summed E-state index contributed by atoms with van der Waals surface area (Å²) in [5, 5.41) is 14.5. The number of nitrogens with zero attached hydrogens (tertiary/aromatic N) is 5. The zero-order valence-corrected chi connectivity index (χ0v) is 20.6. The summed E-state index contributed by atoms with van der Waals surface area (Å²) < 4.78 is 5.39. The van der Waals surface area contributed by atoms with Crippen molar-refractivity contribution in [2.45, 2.75) is 6.42 Å². The fourth-order valence-corrected chi connectivity index (χ4v) is 4.94. The quantitative estimate of drug-likeness (QED) is 0.506. The lowest BCUT2D eigenvalue weighted by molar-refractivity contribution is 0.0374. The maximum atomic E-state index is 12.9. The van der Waals surface area contributed by atoms with Gasteiger partial charge < -0.3 is 19.9 Å². The summed E-state index contributed by atoms with van der Waals surface area (Å²) in [7, 11) is 0. The van der Waals surface area contributed by atoms with Crippen LogP contribution in [0.4, 0.5) is 11.5 Å². The first-order valence-corrected chi connectivity index (χ1v) is 12.7. The van der Waals surface area contributed by atoms with Crippen molar-refractivity contribution >= 4 is 39.8 Å². The topological polar surface area (TPSA) is 73.8 Å². The van der Waals surface area contributed by atoms with E-state index >= 15 is 0 Å². The Kier molecular flexibility index (Phi) is 7.61. The maximum absolute atomic E-state index is 12.9. The van der Waals surface area contributed by atoms with Gasteiger partial charge in [-0.25, -0.2) is 0 Å². The molecule has 2 fully saturated rings. The summed E-state index contributed by atoms with van der Waals surface area (Å²) in [5.41, 5.74) is 1.52. The molecular weight excluding hydrogens is 464 g/mol. The van der Waals surface area contributed by atoms with Crippen LogP contribution in [0.5, 0.6) is 0 Å². The number of anilines is 2. The fourth-order valence-electron chi connectivity index (χ4n) is 4.75. The number of morpholine rings is 1. The van der Waals surface area contributed by atoms with Crippen LogP contribution in [0, 0.1) is 0 Å². The highest BCUT2D eigenvalue weighted by Crippen LogP contribution is 2.28. The summed E-state index contributed by atoms with van der Waals surface area (Å²) in [6.07, 6.45) is 0.895. The third kappa shape index (κ3) is 5.66. The van der Waals surface area contributed by atoms with Gasteiger partial charge in [-0.2, -0.15) is 0 Å². The lowest BCUT2D eigenvalue weighted by atomic mass is 10.1. The van der Waals surface area contributed by atoms with E-state index in [-0.39, 0.29) is 5.91 Å². The van der Waals surface area contributed by atoms with Crippen LogP contribution in [-0.4, -0.2) is 86.6 Å². The van der Waals surface area contributed by atoms with Gasteiger partial charge in [0.2, 0.25) is 0 Å². The Labute approximate surface area is 210 Å². The van der Waals surface area contributed by atoms with Crippen molar-refractivity contribution in [1.82, 2.24) is 20.4 Å². The molecule has 2 aliphatic heterocycles. The Morgan fingerprint density at radius 1 is 0.914 bits per heavy atom. The van der Waals surface area contributed by atoms with Crippen LogP contribution in [0.1, 0.15) is 16.9 Å². The monoisotopic (exact) mass is 494 g/mol. The van der Waals surface area contributed by atoms with Crippen LogP contribution in [0.3, 0.4) is 0 Å². The normalized spacial score (nSPS) is 17.1. The second-order valence-corrected chi connectivity index (χ2v) is 9.37. The first kappa shape index (κ1) is 23.8. The summed E-state index contributed by atoms with van der Waals surface area (Å²) in [6.45, 7) is 8.42. The molecule has 2 saturated heterocycles. The first-order valence-electron chi connectivity index (χ1n) is 12.3. The third-order valence-electron chi connectivity index (χ3n) is 6.68. The number of ether oxygens (including phenoxy) is 1. The Morgan fingerprint density at radius 2 is 1.66 bits per heavy atom. The summed E-state index contributed by atoms with van der Waals surface area (Å²) in [5.74, 6) is 0.656. The molecule has 1 amide bonds. The fraction of sp³-hybridized carbons (Fsp3) is 0.423. The number of rotatable bonds is 7. The number of piperazine rings is 1. The van der Waals surface area contributed by atoms with Crippen LogP contribution in [0.2, 0.25) is 5.02 Å². The van der Waals surface area contributed by atoms with Gasteiger partial charge in [0, 0.05) is 67.3 Å². The van der Waals surface area contributed by atoms with Crippen molar-refractivity contribution in [3.05, 3.63) is 59.2 Å². The second-order valence-electron chi connectivity index (χ2n) is 8.94. The predicted molar refractivity (Wildman–Crippen MR) is 140 cm³/mol. The zero-order chi connectivity index (χ0) is 24.0. The minimum atomic E-state index is -0.173. The molecule has 35 heavy (non-hydrogen) atoms. The minimum absolute atomic E-state index is 0.173. The molecule has 3 heterocycles. The van der Waals surface area contributed by atoms with E-state index in [1.165, 1.54) is 0 Å². The van der Waals surface area contributed by atoms with Crippen molar-refractivity contribution in [1.29, 1.82) is 0 Å². The largest absolute Gasteiger partial charge is 0.379 e. The van der Waals surface area contributed by atoms with Gasteiger partial charge >= 0.3 is 0 Å². The SMILES string of the molecule is O=C(NCCCN1CCOCC1)c1nnc(N2CCN(c3cccc(Cl)c3)CC2)c2ccccc12. The third-order valence-corrected chi connectivity index (χ3v) is 6.91. The number of carbonyl (C=O) groups excluding carboxylic acids is 1. The lowest BCUT2D eigenvalue weighted by Gasteiger charge is -2.37. The van der Waals surface area contributed by atoms with Gasteiger partial charge in [-0.3, -0.25) is 9.69 Å². The smallest absolute Gasteiger partial charge is 0.272 e. The van der Waals surface area contributed by atoms with E-state index < -0.39 is 0 Å². The standard InChI is InChI=1S/C26H31ClN6O2/c27-20-5-3-6-21(19-20)32-11-13-33(14-12-32)25-23-8-2-1-7-22(23)24(29-30-25)26(34)28-9-4-10-31-15-17-35-18-16-31/h1-3,5-8,19H,4,9-18H2,(H,28,34). The van der Waals surface area contributed by atoms with Crippen LogP contribution in [0.25, 0.3) is 10.8 Å². The Balaban J connectivity index is 1.23. The van der Waals surface area contributed by atoms with E-state index in [0.29, 0.717) is 12.2 Å². The van der Waals surface area contributed by atoms with Gasteiger partial charge in [0.15, 0.2) is 11.5 Å². The number of hydrogen-bond donors (Lipinski definition) is 1. The molecule has 0 atom stereocenters. The number of hydrogen-bond acceptors (Lipinski definition) is 7. The lowest BCUT2D eigenvalue weighted by Crippen LogP contribution is -2.47. The highest BCUT2D eigenvalue weighted by atomic mass is 35.5. The Hall–Kier alpha value is -2.94. The number of benzene rings is 2. The molecule has 3 aromatic rings. The van der Waals surface area contributed by atoms with E-state index in [4.69, 9.17) is 16.3 Å². The number of amides is 1. The van der Waals surface area contributed by atoms with Gasteiger partial charge in [-0.05, 0) is 31.2 Å². The van der Waals surface area contributed by atoms with Gasteiger partial charge in [0.25, 0.3) is 5.91 Å². The summed E-state index contributed by atoms with van der Waals surface area (Å²) in [4.78, 5) is 19.9. The first-order chi connectivity index (χ1) is 17.2. The molecule has 0 spiro atoms. The average molecular weight is 495 g/mol. The molecule has 0 bridgehead atoms. The van der Waals surface area contributed by atoms with Gasteiger partial charge in [0.1, 0.15) is 0 Å². The molecule has 2 aromatic carbocycles. The molecule has 0 saturated carbocycles. The molecule has 0 radical (unpaired) electrons. The highest BCUT2D eigenvalue weighted by molar-refractivity contribution is 6.30. The van der Waals surface area contributed by atoms with Gasteiger partial charge in [-0.1, -0.05) is 41.9 Å². The molecule has 184 valence electrons. The van der Waals surface area contributed by atoms with E-state index in [0.717, 1.165) is 92.7 Å². The highest BCUT2D eigenvalue weighted by Gasteiger charge is 2.23. The number of nitrogens with one attached hydrogen (secondary N) is 1. The van der Waals surface area contributed by atoms with Gasteiger partial charge in [-0.15, -0.1) is 10.2 Å². The van der Waals surface area contributed by atoms with Crippen LogP contribution < -0.4 is 15.1 Å². The number of carbonyl (C=O) groups is 1. The van der Waals surface area contributed by atoms with E-state index in [2.05, 4.69) is 36.3 Å². The minimum Gasteiger partial charge on any atom is -0.379 e. The summed E-state index contributed by atoms with van der Waals surface area (Å²) >= 11 is 6.18. The van der Waals surface area contributed by atoms with E-state index in [1.807, 2.05) is 42.5 Å². The van der Waals surface area contributed by atoms with Crippen LogP contribution in [-0.2, 0) is 4.74 Å². The molecule has 9 heteroatoms. The number of fused-ring (bicyclic) bond motifs is 1. The predicted octanol–water partition coefficient (Wildman–Crippen LogP) is 3.06. The molecule has 0 unspecified atom stereocenters. The molecule has 0 aliphatic carbocycles. The average Bonchev–Trinajstić information content (AvgIpc) is 2.91. The van der Waals surface area contributed by atoms with Gasteiger partial charge in [0.05, 0.1) is 13.2 Å². The molecular formula is C26H31ClN6O2. The molecule has 5 rings (SSSR count). The molecule has 1 aromatic heterocycles. The molecule has 2 aliphatic rings. The van der Waals surface area contributed by atoms with Crippen molar-refractivity contribution in [2.75, 3.05) is 75.4 Å². The Morgan fingerprint density at radius 3 is 2.43 bits per heavy atom. The summed E-state index contributed by atoms with van der Waals surface area (Å²) in [6, 6.07) is 15.9. The maximum Gasteiger partial charge on any atom is 0.272 e. The second kappa shape index (κ2) is 11.2. The van der Waals surface area contributed by atoms with Crippen molar-refractivity contribution in [2.24, 2.45) is 0 Å². The van der Waals surface area contributed by atoms with Crippen molar-refractivity contribution in [3.63, 3.8) is 0 Å². The zero-order valence-electron chi connectivity index (χ0n) is 19.8. The van der Waals surface area contributed by atoms with E-state index in [1.54, 1.807) is 0 Å². The van der Waals surface area contributed by atoms with Crippen LogP contribution >= 0.6 is 11.6 Å². The van der Waals surface area contributed by atoms with E-state index in [9.17, 15) is 4.79 Å².